The van der Waals surface area contributed by atoms with Crippen molar-refractivity contribution in [3.8, 4) is 11.5 Å². The van der Waals surface area contributed by atoms with Crippen molar-refractivity contribution in [3.05, 3.63) is 23.3 Å². The normalized spacial score (nSPS) is 34.6. The Morgan fingerprint density at radius 1 is 1.18 bits per heavy atom. The third-order valence-corrected chi connectivity index (χ3v) is 9.87. The van der Waals surface area contributed by atoms with Crippen LogP contribution in [0.25, 0.3) is 0 Å². The van der Waals surface area contributed by atoms with Crippen LogP contribution < -0.4 is 9.47 Å². The second-order valence-corrected chi connectivity index (χ2v) is 12.1. The van der Waals surface area contributed by atoms with Gasteiger partial charge in [0.2, 0.25) is 12.6 Å². The third kappa shape index (κ3) is 3.73. The number of carbonyl (C=O) groups excluding carboxylic acids is 2. The van der Waals surface area contributed by atoms with Crippen molar-refractivity contribution in [2.45, 2.75) is 87.1 Å². The molecule has 11 nitrogen and oxygen atoms in total. The molecule has 0 radical (unpaired) electrons. The maximum Gasteiger partial charge on any atom is 0.339 e. The number of ether oxygens (including phenoxy) is 6. The fraction of sp³-hybridized carbons (Fsp3) is 0.714. The maximum atomic E-state index is 14.0. The van der Waals surface area contributed by atoms with Gasteiger partial charge in [0.25, 0.3) is 0 Å². The van der Waals surface area contributed by atoms with Gasteiger partial charge in [0.05, 0.1) is 25.2 Å². The first-order chi connectivity index (χ1) is 18.4. The standard InChI is InChI=1S/C28H37NO10/c1-15(25(2,3)32)27(33,11-21(30)34-4)24(31)38-23-22-17-10-19-18(36-14-37-19)9-16(17)20-12-29-8-6-7-26(22,29)13-28(23,35-5)39-20/h9-10,15,20,22-23,32-33H,6-8,11-14H2,1-5H3/t15?,20-,22+,23?,26-,27?,28?/m0/s1. The van der Waals surface area contributed by atoms with E-state index in [-0.39, 0.29) is 18.8 Å². The average Bonchev–Trinajstić information content (AvgIpc) is 3.52. The molecule has 1 aromatic carbocycles. The Labute approximate surface area is 227 Å². The molecule has 3 fully saturated rings. The first-order valence-electron chi connectivity index (χ1n) is 13.5. The molecular weight excluding hydrogens is 510 g/mol. The van der Waals surface area contributed by atoms with Crippen LogP contribution in [-0.2, 0) is 28.5 Å². The number of aliphatic hydroxyl groups is 2. The van der Waals surface area contributed by atoms with Crippen LogP contribution >= 0.6 is 0 Å². The van der Waals surface area contributed by atoms with Crippen LogP contribution in [0.1, 0.15) is 69.6 Å². The summed E-state index contributed by atoms with van der Waals surface area (Å²) in [6.45, 7) is 6.10. The number of methoxy groups -OCH3 is 2. The van der Waals surface area contributed by atoms with Gasteiger partial charge < -0.3 is 38.6 Å². The highest BCUT2D eigenvalue weighted by molar-refractivity contribution is 5.86. The summed E-state index contributed by atoms with van der Waals surface area (Å²) >= 11 is 0. The molecular formula is C28H37NO10. The Morgan fingerprint density at radius 3 is 2.51 bits per heavy atom. The molecule has 1 spiro atoms. The number of carbonyl (C=O) groups is 2. The van der Waals surface area contributed by atoms with Gasteiger partial charge in [-0.1, -0.05) is 6.92 Å². The molecule has 5 heterocycles. The topological polar surface area (TPSA) is 133 Å². The largest absolute Gasteiger partial charge is 0.469 e. The van der Waals surface area contributed by atoms with E-state index in [2.05, 4.69) is 4.90 Å². The second kappa shape index (κ2) is 8.78. The Balaban J connectivity index is 1.47. The molecule has 39 heavy (non-hydrogen) atoms. The lowest BCUT2D eigenvalue weighted by Crippen LogP contribution is -2.57. The molecule has 1 aliphatic carbocycles. The fourth-order valence-electron chi connectivity index (χ4n) is 7.57. The molecule has 4 unspecified atom stereocenters. The van der Waals surface area contributed by atoms with Crippen molar-refractivity contribution < 1.29 is 48.2 Å². The summed E-state index contributed by atoms with van der Waals surface area (Å²) in [4.78, 5) is 28.8. The first-order valence-corrected chi connectivity index (χ1v) is 13.5. The van der Waals surface area contributed by atoms with Gasteiger partial charge in [-0.15, -0.1) is 0 Å². The lowest BCUT2D eigenvalue weighted by Gasteiger charge is -2.42. The number of rotatable bonds is 7. The summed E-state index contributed by atoms with van der Waals surface area (Å²) < 4.78 is 35.3. The van der Waals surface area contributed by atoms with Gasteiger partial charge in [-0.3, -0.25) is 9.69 Å². The molecule has 5 aliphatic heterocycles. The molecule has 1 saturated carbocycles. The van der Waals surface area contributed by atoms with E-state index in [0.29, 0.717) is 24.5 Å². The molecule has 214 valence electrons. The van der Waals surface area contributed by atoms with Crippen LogP contribution in [-0.4, -0.2) is 89.8 Å². The van der Waals surface area contributed by atoms with Crippen molar-refractivity contribution in [2.24, 2.45) is 5.92 Å². The van der Waals surface area contributed by atoms with Crippen LogP contribution in [0.3, 0.4) is 0 Å². The summed E-state index contributed by atoms with van der Waals surface area (Å²) in [5.74, 6) is -3.30. The van der Waals surface area contributed by atoms with E-state index in [4.69, 9.17) is 28.4 Å². The highest BCUT2D eigenvalue weighted by atomic mass is 16.7. The monoisotopic (exact) mass is 547 g/mol. The molecule has 0 aromatic heterocycles. The summed E-state index contributed by atoms with van der Waals surface area (Å²) in [6, 6.07) is 3.91. The van der Waals surface area contributed by atoms with Crippen molar-refractivity contribution >= 4 is 11.9 Å². The molecule has 0 amide bonds. The lowest BCUT2D eigenvalue weighted by molar-refractivity contribution is -0.285. The van der Waals surface area contributed by atoms with Gasteiger partial charge in [-0.2, -0.15) is 0 Å². The predicted octanol–water partition coefficient (Wildman–Crippen LogP) is 1.78. The van der Waals surface area contributed by atoms with Crippen LogP contribution in [0.5, 0.6) is 11.5 Å². The van der Waals surface area contributed by atoms with E-state index < -0.39 is 52.9 Å². The minimum absolute atomic E-state index is 0.126. The minimum Gasteiger partial charge on any atom is -0.469 e. The molecule has 11 heteroatoms. The Kier molecular flexibility index (Phi) is 6.02. The highest BCUT2D eigenvalue weighted by Crippen LogP contribution is 2.65. The summed E-state index contributed by atoms with van der Waals surface area (Å²) in [7, 11) is 2.72. The predicted molar refractivity (Wildman–Crippen MR) is 134 cm³/mol. The smallest absolute Gasteiger partial charge is 0.339 e. The van der Waals surface area contributed by atoms with Gasteiger partial charge in [0, 0.05) is 37.5 Å². The Hall–Kier alpha value is -2.44. The fourth-order valence-corrected chi connectivity index (χ4v) is 7.57. The van der Waals surface area contributed by atoms with Crippen molar-refractivity contribution in [2.75, 3.05) is 34.1 Å². The number of esters is 2. The van der Waals surface area contributed by atoms with Gasteiger partial charge in [0.15, 0.2) is 23.2 Å². The van der Waals surface area contributed by atoms with Gasteiger partial charge in [0.1, 0.15) is 0 Å². The number of benzene rings is 1. The molecule has 2 N–H and O–H groups in total. The summed E-state index contributed by atoms with van der Waals surface area (Å²) in [6.07, 6.45) is 0.310. The SMILES string of the molecule is COC(=O)CC(O)(C(=O)OC1[C@H]2c3cc4c(cc3[C@@H]3CN5CCC[C@]25CC1(OC)O3)OCO4)C(C)C(C)(C)O. The van der Waals surface area contributed by atoms with E-state index in [1.54, 1.807) is 7.11 Å². The molecule has 2 saturated heterocycles. The molecule has 6 aliphatic rings. The van der Waals surface area contributed by atoms with Crippen LogP contribution in [0.15, 0.2) is 12.1 Å². The van der Waals surface area contributed by atoms with E-state index in [1.165, 1.54) is 27.9 Å². The molecule has 7 rings (SSSR count). The lowest BCUT2D eigenvalue weighted by atomic mass is 9.75. The van der Waals surface area contributed by atoms with Gasteiger partial charge >= 0.3 is 11.9 Å². The number of nitrogens with zero attached hydrogens (tertiary/aromatic N) is 1. The quantitative estimate of drug-likeness (QED) is 0.484. The van der Waals surface area contributed by atoms with E-state index in [1.807, 2.05) is 12.1 Å². The van der Waals surface area contributed by atoms with Crippen molar-refractivity contribution in [3.63, 3.8) is 0 Å². The zero-order chi connectivity index (χ0) is 28.0. The van der Waals surface area contributed by atoms with Crippen LogP contribution in [0.2, 0.25) is 0 Å². The van der Waals surface area contributed by atoms with Crippen molar-refractivity contribution in [1.82, 2.24) is 4.90 Å². The average molecular weight is 548 g/mol. The van der Waals surface area contributed by atoms with Gasteiger partial charge in [-0.25, -0.2) is 4.79 Å². The number of fused-ring (bicyclic) bond motifs is 1. The molecule has 7 atom stereocenters. The molecule has 1 aromatic rings. The maximum absolute atomic E-state index is 14.0. The van der Waals surface area contributed by atoms with Crippen molar-refractivity contribution in [1.29, 1.82) is 0 Å². The second-order valence-electron chi connectivity index (χ2n) is 12.1. The number of hydrogen-bond donors (Lipinski definition) is 2. The Morgan fingerprint density at radius 2 is 1.87 bits per heavy atom. The number of hydrogen-bond acceptors (Lipinski definition) is 11. The summed E-state index contributed by atoms with van der Waals surface area (Å²) in [5, 5.41) is 22.5. The zero-order valence-corrected chi connectivity index (χ0v) is 23.0. The zero-order valence-electron chi connectivity index (χ0n) is 23.0. The first kappa shape index (κ1) is 26.8. The molecule has 4 bridgehead atoms. The minimum atomic E-state index is -2.37. The highest BCUT2D eigenvalue weighted by Gasteiger charge is 2.72. The van der Waals surface area contributed by atoms with E-state index in [0.717, 1.165) is 30.5 Å². The van der Waals surface area contributed by atoms with Crippen LogP contribution in [0.4, 0.5) is 0 Å². The summed E-state index contributed by atoms with van der Waals surface area (Å²) in [5.41, 5.74) is -2.40. The third-order valence-electron chi connectivity index (χ3n) is 9.87. The Bertz CT molecular complexity index is 1200. The van der Waals surface area contributed by atoms with Crippen LogP contribution in [0, 0.1) is 5.92 Å². The van der Waals surface area contributed by atoms with Gasteiger partial charge in [-0.05, 0) is 56.5 Å². The van der Waals surface area contributed by atoms with E-state index >= 15 is 0 Å². The van der Waals surface area contributed by atoms with E-state index in [9.17, 15) is 19.8 Å².